The Labute approximate surface area is 776 Å². The third kappa shape index (κ3) is 31.5. The van der Waals surface area contributed by atoms with Gasteiger partial charge in [0.15, 0.2) is 50.3 Å². The summed E-state index contributed by atoms with van der Waals surface area (Å²) in [6.45, 7) is 0. The van der Waals surface area contributed by atoms with Crippen LogP contribution in [0.5, 0.6) is 0 Å². The molecule has 30 rings (SSSR count). The summed E-state index contributed by atoms with van der Waals surface area (Å²) in [7, 11) is -1.61. The van der Waals surface area contributed by atoms with Gasteiger partial charge in [0.25, 0.3) is 0 Å². The van der Waals surface area contributed by atoms with Crippen molar-refractivity contribution in [2.75, 3.05) is 92.0 Å². The molecular formula is C72H112O49S9. The van der Waals surface area contributed by atoms with Crippen LogP contribution in [0, 0.1) is 0 Å². The number of aliphatic carboxylic acids is 8. The summed E-state index contributed by atoms with van der Waals surface area (Å²) in [4.78, 5) is 94.2. The molecule has 24 N–H and O–H groups in total. The van der Waals surface area contributed by atoms with Crippen LogP contribution in [-0.2, 0) is 124 Å². The predicted molar refractivity (Wildman–Crippen MR) is 449 cm³/mol. The number of carbonyl (C=O) groups is 8. The minimum atomic E-state index is -2.39. The van der Waals surface area contributed by atoms with Gasteiger partial charge in [0.1, 0.15) is 146 Å². The molecule has 30 fully saturated rings. The van der Waals surface area contributed by atoms with Crippen LogP contribution in [0.2, 0.25) is 0 Å². The van der Waals surface area contributed by atoms with Gasteiger partial charge < -0.3 is 198 Å². The Hall–Kier alpha value is -2.57. The number of carboxylic acid groups (broad SMARTS) is 8. The molecule has 0 saturated carbocycles. The number of thioether (sulfide) groups is 7. The van der Waals surface area contributed by atoms with E-state index in [0.717, 1.165) is 82.3 Å². The maximum Gasteiger partial charge on any atom is 0.304 e. The highest BCUT2D eigenvalue weighted by Gasteiger charge is 2.61. The smallest absolute Gasteiger partial charge is 0.304 e. The van der Waals surface area contributed by atoms with Crippen LogP contribution in [0.1, 0.15) is 51.4 Å². The number of aliphatic hydroxyl groups is 16. The van der Waals surface area contributed by atoms with Crippen molar-refractivity contribution in [1.82, 2.24) is 0 Å². The van der Waals surface area contributed by atoms with Gasteiger partial charge in [-0.25, -0.2) is 4.21 Å². The van der Waals surface area contributed by atoms with E-state index in [0.29, 0.717) is 10.8 Å². The average Bonchev–Trinajstić information content (AvgIpc) is 0.769. The molecular weight excluding hydrogens is 1940 g/mol. The van der Waals surface area contributed by atoms with E-state index >= 15 is 0 Å². The molecule has 0 spiro atoms. The molecule has 130 heavy (non-hydrogen) atoms. The fourth-order valence-corrected chi connectivity index (χ4v) is 24.1. The van der Waals surface area contributed by atoms with Crippen LogP contribution < -0.4 is 0 Å². The molecule has 0 aromatic carbocycles. The molecule has 30 saturated heterocycles. The van der Waals surface area contributed by atoms with E-state index in [4.69, 9.17) is 75.8 Å². The first-order chi connectivity index (χ1) is 61.6. The first-order valence-corrected chi connectivity index (χ1v) is 51.7. The largest absolute Gasteiger partial charge is 0.481 e. The zero-order valence-corrected chi connectivity index (χ0v) is 76.0. The highest BCUT2D eigenvalue weighted by Crippen LogP contribution is 2.43. The van der Waals surface area contributed by atoms with Crippen molar-refractivity contribution in [1.29, 1.82) is 0 Å². The molecule has 0 amide bonds. The second-order valence-electron chi connectivity index (χ2n) is 31.0. The number of carboxylic acids is 8. The van der Waals surface area contributed by atoms with Crippen molar-refractivity contribution in [3.63, 3.8) is 0 Å². The summed E-state index contributed by atoms with van der Waals surface area (Å²) >= 11 is 6.06. The zero-order valence-electron chi connectivity index (χ0n) is 68.7. The van der Waals surface area contributed by atoms with Crippen LogP contribution in [0.4, 0.5) is 0 Å². The van der Waals surface area contributed by atoms with E-state index < -0.39 is 401 Å². The van der Waals surface area contributed by atoms with Crippen molar-refractivity contribution in [2.24, 2.45) is 0 Å². The summed E-state index contributed by atoms with van der Waals surface area (Å²) in [5.74, 6) is -15.4. The van der Waals surface area contributed by atoms with Gasteiger partial charge in [0, 0.05) is 92.0 Å². The maximum absolute atomic E-state index is 13.5. The summed E-state index contributed by atoms with van der Waals surface area (Å²) in [5.41, 5.74) is 0. The minimum absolute atomic E-state index is 0.165. The molecule has 41 unspecified atom stereocenters. The molecule has 0 aromatic rings. The van der Waals surface area contributed by atoms with Crippen molar-refractivity contribution >= 4 is 151 Å². The van der Waals surface area contributed by atoms with E-state index in [-0.39, 0.29) is 46.0 Å². The Bertz CT molecular complexity index is 3450. The van der Waals surface area contributed by atoms with Gasteiger partial charge in [0.2, 0.25) is 0 Å². The van der Waals surface area contributed by atoms with Gasteiger partial charge in [-0.1, -0.05) is 10.8 Å². The van der Waals surface area contributed by atoms with Gasteiger partial charge in [-0.2, -0.15) is 82.3 Å². The van der Waals surface area contributed by atoms with Crippen molar-refractivity contribution in [3.05, 3.63) is 0 Å². The monoisotopic (exact) mass is 2050 g/mol. The molecule has 748 valence electrons. The second kappa shape index (κ2) is 53.7. The lowest BCUT2D eigenvalue weighted by molar-refractivity contribution is -0.396. The predicted octanol–water partition coefficient (Wildman–Crippen LogP) is -8.02. The third-order valence-electron chi connectivity index (χ3n) is 21.5. The maximum atomic E-state index is 13.5. The highest BCUT2D eigenvalue weighted by atomic mass is 33.1. The number of ether oxygens (including phenoxy) is 16. The van der Waals surface area contributed by atoms with Crippen LogP contribution in [-0.4, -0.2) is 512 Å². The molecule has 30 aliphatic heterocycles. The fraction of sp³-hybridized carbons (Fsp3) is 0.889. The van der Waals surface area contributed by atoms with Crippen LogP contribution in [0.3, 0.4) is 0 Å². The van der Waals surface area contributed by atoms with Gasteiger partial charge in [-0.3, -0.25) is 38.4 Å². The number of aliphatic hydroxyl groups excluding tert-OH is 16. The highest BCUT2D eigenvalue weighted by molar-refractivity contribution is 8.69. The van der Waals surface area contributed by atoms with Crippen LogP contribution >= 0.6 is 93.1 Å². The molecule has 41 atom stereocenters. The molecule has 0 aliphatic carbocycles. The molecule has 58 heteroatoms. The lowest BCUT2D eigenvalue weighted by Crippen LogP contribution is -2.69. The first-order valence-electron chi connectivity index (χ1n) is 40.8. The van der Waals surface area contributed by atoms with E-state index in [9.17, 15) is 165 Å². The average molecular weight is 2050 g/mol. The normalized spacial score (nSPS) is 41.3. The molecule has 30 heterocycles. The molecule has 49 nitrogen and oxygen atoms in total. The van der Waals surface area contributed by atoms with E-state index in [1.54, 1.807) is 0 Å². The quantitative estimate of drug-likeness (QED) is 0.0200. The number of rotatable bonds is 41. The summed E-state index contributed by atoms with van der Waals surface area (Å²) < 4.78 is 114. The molecule has 16 bridgehead atoms. The second-order valence-corrected chi connectivity index (χ2v) is 42.4. The number of hydrogen-bond acceptors (Lipinski definition) is 49. The Balaban J connectivity index is 1.12. The molecule has 0 radical (unpaired) electrons. The summed E-state index contributed by atoms with van der Waals surface area (Å²) in [6, 6.07) is 0. The van der Waals surface area contributed by atoms with Crippen molar-refractivity contribution < 1.29 is 241 Å². The Morgan fingerprint density at radius 2 is 0.323 bits per heavy atom. The van der Waals surface area contributed by atoms with Gasteiger partial charge >= 0.3 is 47.8 Å². The SMILES string of the molecule is O=C(O)CCSCC1OC2OC3C(CSCCC(=O)O)OC(OC4C(CSCCC(=O)O)OC(OC5C(CSCCC(=O)O)OC(OC6C(CSS(=O)CCC(=O)O)OC(OC7C(CSCCC(=O)O)OC(OC8C(CSCCC(=O)O)OC(OC9C(CSCCC(=O)O)OC(OC1C(O)C2O)C(O)C9O)C(O)C8O)C(O)C7O)C(O)C6O)C(O)C5O)C(O)C4O)C(O)C3O. The zero-order chi connectivity index (χ0) is 95.2. The Morgan fingerprint density at radius 1 is 0.192 bits per heavy atom. The lowest BCUT2D eigenvalue weighted by atomic mass is 9.95. The van der Waals surface area contributed by atoms with Crippen molar-refractivity contribution in [3.8, 4) is 0 Å². The lowest BCUT2D eigenvalue weighted by Gasteiger charge is -2.51. The molecule has 0 aromatic heterocycles. The van der Waals surface area contributed by atoms with E-state index in [2.05, 4.69) is 0 Å². The van der Waals surface area contributed by atoms with E-state index in [1.165, 1.54) is 0 Å². The summed E-state index contributed by atoms with van der Waals surface area (Å²) in [5, 5.41) is 272. The van der Waals surface area contributed by atoms with Gasteiger partial charge in [-0.05, 0) is 0 Å². The summed E-state index contributed by atoms with van der Waals surface area (Å²) in [6.07, 6.45) is -87.5. The van der Waals surface area contributed by atoms with Gasteiger partial charge in [0.05, 0.1) is 110 Å². The fourth-order valence-electron chi connectivity index (χ4n) is 14.7. The van der Waals surface area contributed by atoms with E-state index in [1.807, 2.05) is 0 Å². The van der Waals surface area contributed by atoms with Crippen LogP contribution in [0.25, 0.3) is 0 Å². The van der Waals surface area contributed by atoms with Crippen LogP contribution in [0.15, 0.2) is 0 Å². The van der Waals surface area contributed by atoms with Gasteiger partial charge in [-0.15, -0.1) is 0 Å². The minimum Gasteiger partial charge on any atom is -0.481 e. The standard InChI is InChI=1S/C72H112O49S9/c73-33(74)1-9-122-17-25-57-41(89)49(97)65(106-25)115-58-26(18-123-10-2-34(75)76)108-67(51(99)43(58)91)117-60-28(20-125-12-4-36(79)80)110-69(53(101)45(60)93)119-62-30(22-127-14-6-38(83)84)112-71(55(103)47(62)95)121-64-32(24-129-130(105)16-8-40(87)88)113-72(56(104)48(64)96)120-63-31(23-128-15-7-39(85)86)111-70(54(102)46(63)94)118-61-29(21-126-13-5-37(81)82)109-68(52(100)44(61)92)116-59-27(19-124-11-3-35(77)78)107-66(114-57)50(98)42(59)90/h25-32,41-72,89-104H,1-24H2,(H,73,74)(H,75,76)(H,77,78)(H,79,80)(H,81,82)(H,83,84)(H,85,86)(H,87,88). The van der Waals surface area contributed by atoms with Crippen molar-refractivity contribution in [2.45, 2.75) is 297 Å². The third-order valence-corrected chi connectivity index (χ3v) is 31.9. The first kappa shape index (κ1) is 111. The molecule has 30 aliphatic rings. The Morgan fingerprint density at radius 3 is 0.454 bits per heavy atom. The number of hydrogen-bond donors (Lipinski definition) is 24. The Kier molecular flexibility index (Phi) is 45.9. The topological polar surface area (TPSA) is 787 Å².